The molecule has 0 atom stereocenters. The van der Waals surface area contributed by atoms with Crippen LogP contribution in [0.2, 0.25) is 0 Å². The molecule has 1 aliphatic rings. The number of aryl methyl sites for hydroxylation is 2. The summed E-state index contributed by atoms with van der Waals surface area (Å²) >= 11 is 1.58. The molecule has 0 bridgehead atoms. The fourth-order valence-electron chi connectivity index (χ4n) is 2.69. The molecule has 1 aromatic carbocycles. The molecule has 18 heavy (non-hydrogen) atoms. The average molecular weight is 319 g/mol. The van der Waals surface area contributed by atoms with E-state index < -0.39 is 0 Å². The Kier molecular flexibility index (Phi) is 5.43. The van der Waals surface area contributed by atoms with Crippen LogP contribution in [-0.4, -0.2) is 0 Å². The normalized spacial score (nSPS) is 13.5. The van der Waals surface area contributed by atoms with Gasteiger partial charge in [-0.1, -0.05) is 0 Å². The monoisotopic (exact) mass is 317 g/mol. The topological polar surface area (TPSA) is 0 Å². The predicted octanol–water partition coefficient (Wildman–Crippen LogP) is 4.82. The zero-order chi connectivity index (χ0) is 13.0. The molecule has 95 valence electrons. The first-order valence-corrected chi connectivity index (χ1v) is 8.54. The number of allylic oxidation sites excluding steroid dienone is 1. The molecule has 1 aliphatic carbocycles. The molecule has 0 aliphatic heterocycles. The maximum atomic E-state index is 2.50. The molecule has 0 saturated heterocycles. The van der Waals surface area contributed by atoms with Gasteiger partial charge in [0.2, 0.25) is 0 Å². The Hall–Kier alpha value is -0.157. The molecule has 0 nitrogen and oxygen atoms in total. The number of benzene rings is 1. The predicted molar refractivity (Wildman–Crippen MR) is 75.3 cm³/mol. The van der Waals surface area contributed by atoms with Gasteiger partial charge in [-0.3, -0.25) is 0 Å². The van der Waals surface area contributed by atoms with Gasteiger partial charge in [-0.25, -0.2) is 0 Å². The molecule has 0 N–H and O–H groups in total. The van der Waals surface area contributed by atoms with Crippen molar-refractivity contribution in [2.24, 2.45) is 0 Å². The number of hydrogen-bond acceptors (Lipinski definition) is 0. The van der Waals surface area contributed by atoms with Gasteiger partial charge in [0, 0.05) is 0 Å². The molecule has 0 saturated carbocycles. The molecule has 0 aromatic heterocycles. The van der Waals surface area contributed by atoms with Crippen LogP contribution in [0.5, 0.6) is 0 Å². The Labute approximate surface area is 127 Å². The summed E-state index contributed by atoms with van der Waals surface area (Å²) in [4.78, 5) is 0. The summed E-state index contributed by atoms with van der Waals surface area (Å²) < 4.78 is 1.60. The van der Waals surface area contributed by atoms with Gasteiger partial charge in [0.25, 0.3) is 0 Å². The van der Waals surface area contributed by atoms with Gasteiger partial charge in [0.05, 0.1) is 0 Å². The van der Waals surface area contributed by atoms with Gasteiger partial charge in [0.1, 0.15) is 0 Å². The molecule has 1 heteroatoms. The van der Waals surface area contributed by atoms with Crippen molar-refractivity contribution in [3.63, 3.8) is 0 Å². The number of hydrogen-bond donors (Lipinski definition) is 0. The summed E-state index contributed by atoms with van der Waals surface area (Å²) in [5.41, 5.74) is 6.33. The average Bonchev–Trinajstić information content (AvgIpc) is 2.72. The third-order valence-electron chi connectivity index (χ3n) is 3.77. The Morgan fingerprint density at radius 3 is 2.22 bits per heavy atom. The Morgan fingerprint density at radius 2 is 1.61 bits per heavy atom. The first-order valence-electron chi connectivity index (χ1n) is 7.31. The van der Waals surface area contributed by atoms with Crippen molar-refractivity contribution in [3.8, 4) is 0 Å². The zero-order valence-corrected chi connectivity index (χ0v) is 14.1. The molecular weight excluding hydrogens is 295 g/mol. The van der Waals surface area contributed by atoms with Gasteiger partial charge in [0.15, 0.2) is 0 Å². The Bertz CT molecular complexity index is 443. The van der Waals surface area contributed by atoms with Gasteiger partial charge in [-0.05, 0) is 0 Å². The molecule has 0 unspecified atom stereocenters. The van der Waals surface area contributed by atoms with Crippen LogP contribution in [0.15, 0.2) is 15.4 Å². The van der Waals surface area contributed by atoms with E-state index in [0.29, 0.717) is 0 Å². The van der Waals surface area contributed by atoms with E-state index >= 15 is 0 Å². The number of fused-ring (bicyclic) bond motifs is 1. The van der Waals surface area contributed by atoms with E-state index in [4.69, 9.17) is 0 Å². The van der Waals surface area contributed by atoms with E-state index in [1.54, 1.807) is 44.7 Å². The molecule has 0 amide bonds. The molecule has 0 spiro atoms. The minimum absolute atomic E-state index is 1.21. The number of rotatable bonds is 6. The summed E-state index contributed by atoms with van der Waals surface area (Å²) in [7, 11) is 0. The van der Waals surface area contributed by atoms with Crippen molar-refractivity contribution in [1.29, 1.82) is 0 Å². The van der Waals surface area contributed by atoms with Crippen LogP contribution in [0.4, 0.5) is 0 Å². The Morgan fingerprint density at radius 1 is 1.00 bits per heavy atom. The van der Waals surface area contributed by atoms with E-state index in [9.17, 15) is 0 Å². The second kappa shape index (κ2) is 6.85. The number of unbranched alkanes of at least 4 members (excludes halogenated alkanes) is 2. The van der Waals surface area contributed by atoms with Crippen molar-refractivity contribution in [2.75, 3.05) is 0 Å². The van der Waals surface area contributed by atoms with Crippen molar-refractivity contribution in [2.45, 2.75) is 58.8 Å². The summed E-state index contributed by atoms with van der Waals surface area (Å²) in [6, 6.07) is 4.98. The van der Waals surface area contributed by atoms with Crippen molar-refractivity contribution in [3.05, 3.63) is 37.7 Å². The van der Waals surface area contributed by atoms with E-state index in [1.807, 2.05) is 0 Å². The molecule has 0 radical (unpaired) electrons. The van der Waals surface area contributed by atoms with Crippen LogP contribution in [0.1, 0.15) is 61.8 Å². The van der Waals surface area contributed by atoms with Crippen LogP contribution in [0, 0.1) is 0 Å². The molecule has 1 aromatic rings. The summed E-state index contributed by atoms with van der Waals surface area (Å²) in [5, 5.41) is 0. The quantitative estimate of drug-likeness (QED) is 0.705. The third-order valence-corrected chi connectivity index (χ3v) is 4.56. The van der Waals surface area contributed by atoms with E-state index in [2.05, 4.69) is 32.1 Å². The van der Waals surface area contributed by atoms with E-state index in [-0.39, 0.29) is 0 Å². The van der Waals surface area contributed by atoms with Crippen LogP contribution in [-0.2, 0) is 44.0 Å². The fourth-order valence-corrected chi connectivity index (χ4v) is 3.54. The summed E-state index contributed by atoms with van der Waals surface area (Å²) in [6.45, 7) is 4.57. The van der Waals surface area contributed by atoms with Crippen LogP contribution in [0.3, 0.4) is 0 Å². The van der Waals surface area contributed by atoms with E-state index in [1.165, 1.54) is 50.5 Å². The first-order chi connectivity index (χ1) is 8.74. The third kappa shape index (κ3) is 3.44. The van der Waals surface area contributed by atoms with Crippen LogP contribution in [0.25, 0.3) is 6.08 Å². The SMILES string of the molecule is CCCCc1cc2c(cc1CCCC)C[C]([Zr])=C2. The second-order valence-electron chi connectivity index (χ2n) is 5.37. The molecule has 0 heterocycles. The molecule has 0 fully saturated rings. The second-order valence-corrected chi connectivity index (χ2v) is 6.95. The summed E-state index contributed by atoms with van der Waals surface area (Å²) in [6.07, 6.45) is 11.4. The fraction of sp³-hybridized carbons (Fsp3) is 0.529. The maximum absolute atomic E-state index is 2.50. The van der Waals surface area contributed by atoms with Gasteiger partial charge < -0.3 is 0 Å². The van der Waals surface area contributed by atoms with Gasteiger partial charge in [-0.15, -0.1) is 0 Å². The zero-order valence-electron chi connectivity index (χ0n) is 11.7. The Balaban J connectivity index is 2.25. The van der Waals surface area contributed by atoms with Gasteiger partial charge in [-0.2, -0.15) is 0 Å². The first kappa shape index (κ1) is 14.3. The van der Waals surface area contributed by atoms with Crippen molar-refractivity contribution in [1.82, 2.24) is 0 Å². The molecular formula is C17H23Zr. The molecule has 2 rings (SSSR count). The van der Waals surface area contributed by atoms with Crippen LogP contribution >= 0.6 is 0 Å². The van der Waals surface area contributed by atoms with E-state index in [0.717, 1.165) is 0 Å². The van der Waals surface area contributed by atoms with Crippen molar-refractivity contribution >= 4 is 6.08 Å². The standard InChI is InChI=1S/C17H23.Zr/c1-3-5-8-14-12-16-10-7-11-17(16)13-15(14)9-6-4-2;/h10,12-13H,3-6,8-9,11H2,1-2H3;. The van der Waals surface area contributed by atoms with Crippen LogP contribution < -0.4 is 0 Å². The minimum atomic E-state index is 1.21. The van der Waals surface area contributed by atoms with Gasteiger partial charge >= 0.3 is 127 Å². The summed E-state index contributed by atoms with van der Waals surface area (Å²) in [5.74, 6) is 0. The van der Waals surface area contributed by atoms with Crippen molar-refractivity contribution < 1.29 is 24.7 Å².